The predicted octanol–water partition coefficient (Wildman–Crippen LogP) is 2.53. The second-order valence-electron chi connectivity index (χ2n) is 4.80. The molecule has 0 saturated heterocycles. The van der Waals surface area contributed by atoms with Crippen molar-refractivity contribution in [3.63, 3.8) is 0 Å². The van der Waals surface area contributed by atoms with Crippen LogP contribution in [-0.4, -0.2) is 20.6 Å². The number of carboxylic acid groups (broad SMARTS) is 1. The first-order valence-electron chi connectivity index (χ1n) is 6.33. The summed E-state index contributed by atoms with van der Waals surface area (Å²) in [5.74, 6) is -0.338. The Morgan fingerprint density at radius 3 is 2.84 bits per heavy atom. The molecule has 4 nitrogen and oxygen atoms in total. The Balaban J connectivity index is 2.13. The van der Waals surface area contributed by atoms with Gasteiger partial charge >= 0.3 is 5.97 Å². The zero-order valence-corrected chi connectivity index (χ0v) is 11.2. The van der Waals surface area contributed by atoms with Gasteiger partial charge in [-0.25, -0.2) is 4.98 Å². The Labute approximate surface area is 112 Å². The maximum Gasteiger partial charge on any atom is 0.310 e. The maximum atomic E-state index is 11.4. The van der Waals surface area contributed by atoms with Crippen molar-refractivity contribution in [2.24, 2.45) is 7.05 Å². The van der Waals surface area contributed by atoms with Gasteiger partial charge in [0.15, 0.2) is 0 Å². The van der Waals surface area contributed by atoms with E-state index in [1.165, 1.54) is 0 Å². The van der Waals surface area contributed by atoms with E-state index in [1.807, 2.05) is 49.0 Å². The molecular formula is C15H18N2O2. The van der Waals surface area contributed by atoms with Crippen molar-refractivity contribution in [1.29, 1.82) is 0 Å². The standard InChI is InChI=1S/C15H18N2O2/c1-11-4-3-5-12(10-11)13(15(18)19)6-7-14-16-8-9-17(14)2/h3-5,8-10,13H,6-7H2,1-2H3,(H,18,19). The first kappa shape index (κ1) is 13.3. The zero-order chi connectivity index (χ0) is 13.8. The van der Waals surface area contributed by atoms with Gasteiger partial charge in [0.1, 0.15) is 5.82 Å². The zero-order valence-electron chi connectivity index (χ0n) is 11.2. The van der Waals surface area contributed by atoms with E-state index in [1.54, 1.807) is 6.20 Å². The lowest BCUT2D eigenvalue weighted by atomic mass is 9.93. The molecule has 0 amide bonds. The highest BCUT2D eigenvalue weighted by atomic mass is 16.4. The molecule has 2 rings (SSSR count). The molecule has 0 saturated carbocycles. The van der Waals surface area contributed by atoms with E-state index in [-0.39, 0.29) is 0 Å². The fraction of sp³-hybridized carbons (Fsp3) is 0.333. The average molecular weight is 258 g/mol. The van der Waals surface area contributed by atoms with Gasteiger partial charge in [-0.15, -0.1) is 0 Å². The minimum Gasteiger partial charge on any atom is -0.481 e. The Hall–Kier alpha value is -2.10. The average Bonchev–Trinajstić information content (AvgIpc) is 2.75. The SMILES string of the molecule is Cc1cccc(C(CCc2nccn2C)C(=O)O)c1. The largest absolute Gasteiger partial charge is 0.481 e. The number of hydrogen-bond acceptors (Lipinski definition) is 2. The third-order valence-corrected chi connectivity index (χ3v) is 3.32. The van der Waals surface area contributed by atoms with Gasteiger partial charge in [-0.3, -0.25) is 4.79 Å². The molecule has 100 valence electrons. The first-order valence-corrected chi connectivity index (χ1v) is 6.33. The molecule has 0 aliphatic rings. The maximum absolute atomic E-state index is 11.4. The number of hydrogen-bond donors (Lipinski definition) is 1. The van der Waals surface area contributed by atoms with Crippen LogP contribution in [0.2, 0.25) is 0 Å². The number of aromatic nitrogens is 2. The van der Waals surface area contributed by atoms with Crippen molar-refractivity contribution < 1.29 is 9.90 Å². The molecule has 0 fully saturated rings. The van der Waals surface area contributed by atoms with E-state index < -0.39 is 11.9 Å². The summed E-state index contributed by atoms with van der Waals surface area (Å²) in [6, 6.07) is 7.70. The van der Waals surface area contributed by atoms with Gasteiger partial charge in [0.05, 0.1) is 5.92 Å². The van der Waals surface area contributed by atoms with Crippen LogP contribution in [0.3, 0.4) is 0 Å². The first-order chi connectivity index (χ1) is 9.08. The summed E-state index contributed by atoms with van der Waals surface area (Å²) in [4.78, 5) is 15.7. The van der Waals surface area contributed by atoms with Gasteiger partial charge < -0.3 is 9.67 Å². The van der Waals surface area contributed by atoms with Crippen molar-refractivity contribution in [1.82, 2.24) is 9.55 Å². The lowest BCUT2D eigenvalue weighted by Gasteiger charge is -2.13. The Kier molecular flexibility index (Phi) is 4.00. The van der Waals surface area contributed by atoms with Crippen LogP contribution >= 0.6 is 0 Å². The molecule has 1 aromatic heterocycles. The van der Waals surface area contributed by atoms with Gasteiger partial charge in [-0.2, -0.15) is 0 Å². The molecule has 0 radical (unpaired) electrons. The number of carbonyl (C=O) groups is 1. The number of imidazole rings is 1. The molecular weight excluding hydrogens is 240 g/mol. The Bertz CT molecular complexity index is 575. The summed E-state index contributed by atoms with van der Waals surface area (Å²) in [7, 11) is 1.92. The number of aryl methyl sites for hydroxylation is 3. The predicted molar refractivity (Wildman–Crippen MR) is 73.1 cm³/mol. The molecule has 0 bridgehead atoms. The van der Waals surface area contributed by atoms with Gasteiger partial charge in [-0.1, -0.05) is 29.8 Å². The van der Waals surface area contributed by atoms with E-state index in [9.17, 15) is 9.90 Å². The number of rotatable bonds is 5. The van der Waals surface area contributed by atoms with E-state index in [0.717, 1.165) is 17.0 Å². The number of benzene rings is 1. The molecule has 1 N–H and O–H groups in total. The third-order valence-electron chi connectivity index (χ3n) is 3.32. The highest BCUT2D eigenvalue weighted by Gasteiger charge is 2.20. The smallest absolute Gasteiger partial charge is 0.310 e. The van der Waals surface area contributed by atoms with Gasteiger partial charge in [-0.05, 0) is 18.9 Å². The monoisotopic (exact) mass is 258 g/mol. The van der Waals surface area contributed by atoms with Crippen molar-refractivity contribution in [2.45, 2.75) is 25.7 Å². The number of nitrogens with zero attached hydrogens (tertiary/aromatic N) is 2. The normalized spacial score (nSPS) is 12.3. The Morgan fingerprint density at radius 1 is 1.47 bits per heavy atom. The highest BCUT2D eigenvalue weighted by molar-refractivity contribution is 5.76. The molecule has 4 heteroatoms. The quantitative estimate of drug-likeness (QED) is 0.896. The minimum absolute atomic E-state index is 0.475. The third kappa shape index (κ3) is 3.22. The molecule has 1 heterocycles. The lowest BCUT2D eigenvalue weighted by molar-refractivity contribution is -0.138. The van der Waals surface area contributed by atoms with Crippen LogP contribution in [0.1, 0.15) is 29.3 Å². The fourth-order valence-electron chi connectivity index (χ4n) is 2.23. The van der Waals surface area contributed by atoms with Crippen molar-refractivity contribution in [3.8, 4) is 0 Å². The van der Waals surface area contributed by atoms with Crippen molar-refractivity contribution >= 4 is 5.97 Å². The van der Waals surface area contributed by atoms with Crippen LogP contribution < -0.4 is 0 Å². The van der Waals surface area contributed by atoms with Crippen molar-refractivity contribution in [2.75, 3.05) is 0 Å². The summed E-state index contributed by atoms with van der Waals surface area (Å²) in [5, 5.41) is 9.39. The molecule has 1 atom stereocenters. The van der Waals surface area contributed by atoms with Crippen LogP contribution in [0.15, 0.2) is 36.7 Å². The van der Waals surface area contributed by atoms with Gasteiger partial charge in [0.25, 0.3) is 0 Å². The summed E-state index contributed by atoms with van der Waals surface area (Å²) in [5.41, 5.74) is 1.95. The van der Waals surface area contributed by atoms with Crippen LogP contribution in [-0.2, 0) is 18.3 Å². The molecule has 0 spiro atoms. The van der Waals surface area contributed by atoms with E-state index in [4.69, 9.17) is 0 Å². The second kappa shape index (κ2) is 5.69. The summed E-state index contributed by atoms with van der Waals surface area (Å²) >= 11 is 0. The molecule has 0 aliphatic carbocycles. The van der Waals surface area contributed by atoms with Crippen LogP contribution in [0.4, 0.5) is 0 Å². The molecule has 1 aromatic carbocycles. The summed E-state index contributed by atoms with van der Waals surface area (Å²) in [6.45, 7) is 1.97. The van der Waals surface area contributed by atoms with E-state index in [2.05, 4.69) is 4.98 Å². The molecule has 2 aromatic rings. The minimum atomic E-state index is -0.778. The highest BCUT2D eigenvalue weighted by Crippen LogP contribution is 2.22. The number of aliphatic carboxylic acids is 1. The fourth-order valence-corrected chi connectivity index (χ4v) is 2.23. The molecule has 19 heavy (non-hydrogen) atoms. The number of carboxylic acids is 1. The van der Waals surface area contributed by atoms with Crippen LogP contribution in [0.5, 0.6) is 0 Å². The van der Waals surface area contributed by atoms with E-state index >= 15 is 0 Å². The lowest BCUT2D eigenvalue weighted by Crippen LogP contribution is -2.13. The molecule has 1 unspecified atom stereocenters. The summed E-state index contributed by atoms with van der Waals surface area (Å²) < 4.78 is 1.93. The summed E-state index contributed by atoms with van der Waals surface area (Å²) in [6.07, 6.45) is 4.83. The van der Waals surface area contributed by atoms with Crippen LogP contribution in [0, 0.1) is 6.92 Å². The topological polar surface area (TPSA) is 55.1 Å². The van der Waals surface area contributed by atoms with E-state index in [0.29, 0.717) is 12.8 Å². The van der Waals surface area contributed by atoms with Gasteiger partial charge in [0, 0.05) is 25.9 Å². The van der Waals surface area contributed by atoms with Crippen LogP contribution in [0.25, 0.3) is 0 Å². The Morgan fingerprint density at radius 2 is 2.26 bits per heavy atom. The van der Waals surface area contributed by atoms with Gasteiger partial charge in [0.2, 0.25) is 0 Å². The van der Waals surface area contributed by atoms with Crippen molar-refractivity contribution in [3.05, 3.63) is 53.6 Å². The molecule has 0 aliphatic heterocycles. The second-order valence-corrected chi connectivity index (χ2v) is 4.80.